The van der Waals surface area contributed by atoms with E-state index in [1.807, 2.05) is 12.3 Å². The fourth-order valence-corrected chi connectivity index (χ4v) is 2.59. The predicted octanol–water partition coefficient (Wildman–Crippen LogP) is 1.68. The number of pyridine rings is 1. The van der Waals surface area contributed by atoms with Crippen molar-refractivity contribution in [1.82, 2.24) is 15.2 Å². The van der Waals surface area contributed by atoms with Crippen LogP contribution in [0.4, 0.5) is 0 Å². The standard InChI is InChI=1S/C13H21N3/c1-3-14-10-11-7-9-16(2)13(11)12-6-4-5-8-15-12/h4-6,8,11,13-14H,3,7,9-10H2,1-2H3. The summed E-state index contributed by atoms with van der Waals surface area (Å²) in [5.74, 6) is 0.694. The molecule has 0 bridgehead atoms. The predicted molar refractivity (Wildman–Crippen MR) is 66.3 cm³/mol. The average Bonchev–Trinajstić information content (AvgIpc) is 2.69. The Morgan fingerprint density at radius 3 is 3.06 bits per heavy atom. The summed E-state index contributed by atoms with van der Waals surface area (Å²) in [5, 5.41) is 3.46. The van der Waals surface area contributed by atoms with Crippen molar-refractivity contribution in [2.45, 2.75) is 19.4 Å². The van der Waals surface area contributed by atoms with Crippen LogP contribution in [0.5, 0.6) is 0 Å². The Hall–Kier alpha value is -0.930. The van der Waals surface area contributed by atoms with Crippen molar-refractivity contribution in [2.75, 3.05) is 26.7 Å². The largest absolute Gasteiger partial charge is 0.317 e. The first-order valence-corrected chi connectivity index (χ1v) is 6.14. The lowest BCUT2D eigenvalue weighted by molar-refractivity contribution is 0.267. The molecule has 2 heterocycles. The minimum absolute atomic E-state index is 0.486. The van der Waals surface area contributed by atoms with Crippen LogP contribution in [0.2, 0.25) is 0 Å². The zero-order valence-electron chi connectivity index (χ0n) is 10.2. The van der Waals surface area contributed by atoms with Crippen LogP contribution in [0.15, 0.2) is 24.4 Å². The number of hydrogen-bond acceptors (Lipinski definition) is 3. The van der Waals surface area contributed by atoms with Crippen molar-refractivity contribution in [3.8, 4) is 0 Å². The lowest BCUT2D eigenvalue weighted by Gasteiger charge is -2.24. The third-order valence-electron chi connectivity index (χ3n) is 3.42. The van der Waals surface area contributed by atoms with Crippen LogP contribution in [-0.4, -0.2) is 36.6 Å². The highest BCUT2D eigenvalue weighted by atomic mass is 15.2. The van der Waals surface area contributed by atoms with Gasteiger partial charge in [-0.05, 0) is 51.2 Å². The maximum absolute atomic E-state index is 4.50. The van der Waals surface area contributed by atoms with Crippen LogP contribution in [0, 0.1) is 5.92 Å². The fraction of sp³-hybridized carbons (Fsp3) is 0.615. The SMILES string of the molecule is CCNCC1CCN(C)C1c1ccccn1. The monoisotopic (exact) mass is 219 g/mol. The third kappa shape index (κ3) is 2.42. The van der Waals surface area contributed by atoms with Crippen molar-refractivity contribution in [1.29, 1.82) is 0 Å². The molecule has 88 valence electrons. The van der Waals surface area contributed by atoms with Crippen molar-refractivity contribution in [2.24, 2.45) is 5.92 Å². The first-order valence-electron chi connectivity index (χ1n) is 6.14. The first kappa shape index (κ1) is 11.6. The van der Waals surface area contributed by atoms with Gasteiger partial charge in [0.2, 0.25) is 0 Å². The Kier molecular flexibility index (Phi) is 3.91. The molecule has 1 aliphatic rings. The molecular weight excluding hydrogens is 198 g/mol. The van der Waals surface area contributed by atoms with Crippen molar-refractivity contribution in [3.05, 3.63) is 30.1 Å². The molecule has 3 nitrogen and oxygen atoms in total. The fourth-order valence-electron chi connectivity index (χ4n) is 2.59. The van der Waals surface area contributed by atoms with Gasteiger partial charge in [0.05, 0.1) is 11.7 Å². The summed E-state index contributed by atoms with van der Waals surface area (Å²) in [6.45, 7) is 5.49. The molecule has 1 aliphatic heterocycles. The van der Waals surface area contributed by atoms with Gasteiger partial charge in [0, 0.05) is 6.20 Å². The lowest BCUT2D eigenvalue weighted by Crippen LogP contribution is -2.28. The molecule has 2 atom stereocenters. The number of aromatic nitrogens is 1. The Balaban J connectivity index is 2.10. The van der Waals surface area contributed by atoms with E-state index in [1.54, 1.807) is 0 Å². The van der Waals surface area contributed by atoms with Crippen molar-refractivity contribution >= 4 is 0 Å². The molecule has 0 spiro atoms. The van der Waals surface area contributed by atoms with E-state index in [0.29, 0.717) is 12.0 Å². The van der Waals surface area contributed by atoms with Crippen LogP contribution in [0.1, 0.15) is 25.1 Å². The molecule has 3 heteroatoms. The van der Waals surface area contributed by atoms with Gasteiger partial charge in [0.1, 0.15) is 0 Å². The zero-order valence-corrected chi connectivity index (χ0v) is 10.2. The summed E-state index contributed by atoms with van der Waals surface area (Å²) in [5.41, 5.74) is 1.21. The van der Waals surface area contributed by atoms with Crippen LogP contribution < -0.4 is 5.32 Å². The van der Waals surface area contributed by atoms with Gasteiger partial charge < -0.3 is 5.32 Å². The van der Waals surface area contributed by atoms with Crippen LogP contribution in [0.3, 0.4) is 0 Å². The molecule has 1 fully saturated rings. The first-order chi connectivity index (χ1) is 7.83. The third-order valence-corrected chi connectivity index (χ3v) is 3.42. The molecule has 1 aromatic heterocycles. The second-order valence-electron chi connectivity index (χ2n) is 4.54. The maximum atomic E-state index is 4.50. The topological polar surface area (TPSA) is 28.2 Å². The summed E-state index contributed by atoms with van der Waals surface area (Å²) in [7, 11) is 2.20. The van der Waals surface area contributed by atoms with Gasteiger partial charge in [-0.3, -0.25) is 9.88 Å². The highest BCUT2D eigenvalue weighted by Crippen LogP contribution is 2.34. The number of likely N-dealkylation sites (tertiary alicyclic amines) is 1. The number of hydrogen-bond donors (Lipinski definition) is 1. The highest BCUT2D eigenvalue weighted by molar-refractivity contribution is 5.12. The van der Waals surface area contributed by atoms with Gasteiger partial charge in [-0.15, -0.1) is 0 Å². The second kappa shape index (κ2) is 5.41. The van der Waals surface area contributed by atoms with Gasteiger partial charge in [-0.25, -0.2) is 0 Å². The molecule has 1 aromatic rings. The molecule has 1 saturated heterocycles. The van der Waals surface area contributed by atoms with Crippen molar-refractivity contribution in [3.63, 3.8) is 0 Å². The molecule has 0 radical (unpaired) electrons. The molecule has 0 aromatic carbocycles. The molecule has 2 rings (SSSR count). The van der Waals surface area contributed by atoms with Crippen LogP contribution in [0.25, 0.3) is 0 Å². The van der Waals surface area contributed by atoms with E-state index in [9.17, 15) is 0 Å². The van der Waals surface area contributed by atoms with E-state index in [2.05, 4.69) is 41.3 Å². The van der Waals surface area contributed by atoms with Crippen LogP contribution >= 0.6 is 0 Å². The summed E-state index contributed by atoms with van der Waals surface area (Å²) >= 11 is 0. The van der Waals surface area contributed by atoms with E-state index < -0.39 is 0 Å². The Morgan fingerprint density at radius 2 is 2.38 bits per heavy atom. The van der Waals surface area contributed by atoms with Gasteiger partial charge in [-0.2, -0.15) is 0 Å². The number of nitrogens with zero attached hydrogens (tertiary/aromatic N) is 2. The Morgan fingerprint density at radius 1 is 1.50 bits per heavy atom. The van der Waals surface area contributed by atoms with Gasteiger partial charge in [0.25, 0.3) is 0 Å². The normalized spacial score (nSPS) is 26.1. The summed E-state index contributed by atoms with van der Waals surface area (Å²) in [6.07, 6.45) is 3.16. The summed E-state index contributed by atoms with van der Waals surface area (Å²) in [4.78, 5) is 6.92. The van der Waals surface area contributed by atoms with E-state index in [4.69, 9.17) is 0 Å². The molecule has 0 amide bonds. The highest BCUT2D eigenvalue weighted by Gasteiger charge is 2.33. The van der Waals surface area contributed by atoms with Gasteiger partial charge in [-0.1, -0.05) is 13.0 Å². The maximum Gasteiger partial charge on any atom is 0.0578 e. The minimum Gasteiger partial charge on any atom is -0.317 e. The van der Waals surface area contributed by atoms with E-state index in [0.717, 1.165) is 13.1 Å². The van der Waals surface area contributed by atoms with Crippen molar-refractivity contribution < 1.29 is 0 Å². The summed E-state index contributed by atoms with van der Waals surface area (Å²) in [6, 6.07) is 6.70. The Labute approximate surface area is 97.9 Å². The molecule has 0 saturated carbocycles. The quantitative estimate of drug-likeness (QED) is 0.835. The molecular formula is C13H21N3. The second-order valence-corrected chi connectivity index (χ2v) is 4.54. The molecule has 16 heavy (non-hydrogen) atoms. The smallest absolute Gasteiger partial charge is 0.0578 e. The lowest BCUT2D eigenvalue weighted by atomic mass is 9.97. The molecule has 2 unspecified atom stereocenters. The van der Waals surface area contributed by atoms with E-state index in [-0.39, 0.29) is 0 Å². The van der Waals surface area contributed by atoms with Crippen LogP contribution in [-0.2, 0) is 0 Å². The zero-order chi connectivity index (χ0) is 11.4. The number of nitrogens with one attached hydrogen (secondary N) is 1. The van der Waals surface area contributed by atoms with E-state index in [1.165, 1.54) is 18.7 Å². The Bertz CT molecular complexity index is 312. The van der Waals surface area contributed by atoms with Gasteiger partial charge >= 0.3 is 0 Å². The van der Waals surface area contributed by atoms with E-state index >= 15 is 0 Å². The number of rotatable bonds is 4. The molecule has 0 aliphatic carbocycles. The summed E-state index contributed by atoms with van der Waals surface area (Å²) < 4.78 is 0. The molecule has 1 N–H and O–H groups in total. The average molecular weight is 219 g/mol. The van der Waals surface area contributed by atoms with Gasteiger partial charge in [0.15, 0.2) is 0 Å². The minimum atomic E-state index is 0.486.